The van der Waals surface area contributed by atoms with Crippen LogP contribution in [0.4, 0.5) is 0 Å². The summed E-state index contributed by atoms with van der Waals surface area (Å²) in [4.78, 5) is 30.1. The molecule has 25 heavy (non-hydrogen) atoms. The smallest absolute Gasteiger partial charge is 0.286 e. The zero-order valence-corrected chi connectivity index (χ0v) is 13.6. The van der Waals surface area contributed by atoms with E-state index in [2.05, 4.69) is 0 Å². The first-order valence-electron chi connectivity index (χ1n) is 7.39. The van der Waals surface area contributed by atoms with Crippen LogP contribution >= 0.6 is 12.3 Å². The molecule has 2 amide bonds. The number of benzene rings is 3. The van der Waals surface area contributed by atoms with Gasteiger partial charge in [0, 0.05) is 5.39 Å². The van der Waals surface area contributed by atoms with E-state index >= 15 is 0 Å². The lowest BCUT2D eigenvalue weighted by molar-refractivity contribution is -0.100. The second-order valence-corrected chi connectivity index (χ2v) is 5.64. The molecule has 0 aliphatic carbocycles. The molecule has 0 spiro atoms. The highest BCUT2D eigenvalue weighted by atomic mass is 32.2. The van der Waals surface area contributed by atoms with E-state index < -0.39 is 11.8 Å². The van der Waals surface area contributed by atoms with E-state index in [4.69, 9.17) is 13.5 Å². The van der Waals surface area contributed by atoms with E-state index in [1.807, 2.05) is 18.2 Å². The maximum Gasteiger partial charge on any atom is 0.286 e. The van der Waals surface area contributed by atoms with Crippen LogP contribution in [0.1, 0.15) is 20.7 Å². The van der Waals surface area contributed by atoms with Gasteiger partial charge in [-0.15, -0.1) is 5.06 Å². The molecular formula is C18H11NO5S. The minimum Gasteiger partial charge on any atom is -0.323 e. The normalized spacial score (nSPS) is 13.4. The van der Waals surface area contributed by atoms with Gasteiger partial charge >= 0.3 is 0 Å². The molecule has 0 aromatic heterocycles. The van der Waals surface area contributed by atoms with E-state index in [-0.39, 0.29) is 0 Å². The molecule has 0 atom stereocenters. The molecule has 3 aromatic rings. The van der Waals surface area contributed by atoms with Crippen LogP contribution in [0.3, 0.4) is 0 Å². The summed E-state index contributed by atoms with van der Waals surface area (Å²) in [5, 5.41) is 2.12. The van der Waals surface area contributed by atoms with Gasteiger partial charge in [-0.2, -0.15) is 4.28 Å². The third-order valence-electron chi connectivity index (χ3n) is 3.74. The molecule has 4 rings (SSSR count). The Morgan fingerprint density at radius 3 is 2.04 bits per heavy atom. The average Bonchev–Trinajstić information content (AvgIpc) is 2.66. The van der Waals surface area contributed by atoms with E-state index in [0.717, 1.165) is 5.39 Å². The summed E-state index contributed by atoms with van der Waals surface area (Å²) in [7, 11) is 0. The Bertz CT molecular complexity index is 909. The van der Waals surface area contributed by atoms with E-state index in [1.54, 1.807) is 48.5 Å². The third-order valence-corrected chi connectivity index (χ3v) is 4.07. The minimum atomic E-state index is -0.551. The van der Waals surface area contributed by atoms with Crippen molar-refractivity contribution in [1.82, 2.24) is 5.06 Å². The number of carbonyl (C=O) groups is 2. The Kier molecular flexibility index (Phi) is 4.10. The first-order chi connectivity index (χ1) is 12.3. The van der Waals surface area contributed by atoms with Crippen LogP contribution in [-0.2, 0) is 8.62 Å². The van der Waals surface area contributed by atoms with Crippen molar-refractivity contribution in [1.29, 1.82) is 0 Å². The number of imide groups is 1. The van der Waals surface area contributed by atoms with Gasteiger partial charge in [-0.1, -0.05) is 46.8 Å². The largest absolute Gasteiger partial charge is 0.323 e. The van der Waals surface area contributed by atoms with Crippen LogP contribution in [0, 0.1) is 0 Å². The molecule has 7 heteroatoms. The number of carbonyl (C=O) groups excluding carboxylic acids is 2. The average molecular weight is 353 g/mol. The van der Waals surface area contributed by atoms with Crippen molar-refractivity contribution in [3.8, 4) is 5.75 Å². The van der Waals surface area contributed by atoms with Crippen LogP contribution < -0.4 is 4.89 Å². The first kappa shape index (κ1) is 15.6. The van der Waals surface area contributed by atoms with E-state index in [9.17, 15) is 9.59 Å². The van der Waals surface area contributed by atoms with Gasteiger partial charge in [0.2, 0.25) is 12.3 Å². The third kappa shape index (κ3) is 2.85. The molecule has 1 aliphatic rings. The summed E-state index contributed by atoms with van der Waals surface area (Å²) in [6, 6.07) is 19.3. The molecular weight excluding hydrogens is 342 g/mol. The van der Waals surface area contributed by atoms with Gasteiger partial charge in [-0.3, -0.25) is 9.59 Å². The van der Waals surface area contributed by atoms with Gasteiger partial charge in [0.1, 0.15) is 0 Å². The number of rotatable bonds is 5. The number of amides is 2. The van der Waals surface area contributed by atoms with Gasteiger partial charge in [0.25, 0.3) is 11.8 Å². The molecule has 0 saturated carbocycles. The number of nitrogens with zero attached hydrogens (tertiary/aromatic N) is 1. The van der Waals surface area contributed by atoms with Crippen LogP contribution in [0.25, 0.3) is 10.8 Å². The lowest BCUT2D eigenvalue weighted by atomic mass is 9.95. The fraction of sp³-hybridized carbons (Fsp3) is 0. The molecule has 0 fully saturated rings. The monoisotopic (exact) mass is 353 g/mol. The molecule has 0 N–H and O–H groups in total. The predicted molar refractivity (Wildman–Crippen MR) is 91.3 cm³/mol. The fourth-order valence-corrected chi connectivity index (χ4v) is 2.98. The number of hydrogen-bond acceptors (Lipinski definition) is 6. The Morgan fingerprint density at radius 2 is 1.40 bits per heavy atom. The highest BCUT2D eigenvalue weighted by molar-refractivity contribution is 7.89. The number of hydroxylamine groups is 2. The predicted octanol–water partition coefficient (Wildman–Crippen LogP) is 3.94. The van der Waals surface area contributed by atoms with Crippen molar-refractivity contribution in [3.63, 3.8) is 0 Å². The molecule has 0 saturated heterocycles. The van der Waals surface area contributed by atoms with Gasteiger partial charge in [-0.25, -0.2) is 0 Å². The second-order valence-electron chi connectivity index (χ2n) is 5.22. The Balaban J connectivity index is 1.50. The van der Waals surface area contributed by atoms with Crippen LogP contribution in [0.15, 0.2) is 66.7 Å². The number of hydrogen-bond donors (Lipinski definition) is 0. The lowest BCUT2D eigenvalue weighted by Crippen LogP contribution is -2.38. The topological polar surface area (TPSA) is 65.1 Å². The summed E-state index contributed by atoms with van der Waals surface area (Å²) < 4.78 is 9.95. The zero-order chi connectivity index (χ0) is 17.2. The Labute approximate surface area is 147 Å². The van der Waals surface area contributed by atoms with Crippen LogP contribution in [0.5, 0.6) is 5.75 Å². The highest BCUT2D eigenvalue weighted by Gasteiger charge is 2.34. The van der Waals surface area contributed by atoms with Gasteiger partial charge < -0.3 is 4.89 Å². The van der Waals surface area contributed by atoms with Crippen molar-refractivity contribution in [2.45, 2.75) is 0 Å². The molecule has 0 radical (unpaired) electrons. The van der Waals surface area contributed by atoms with Crippen molar-refractivity contribution < 1.29 is 23.1 Å². The first-order valence-corrected chi connectivity index (χ1v) is 8.06. The van der Waals surface area contributed by atoms with E-state index in [1.165, 1.54) is 0 Å². The SMILES string of the molecule is O=C1c2cccc3cccc(c23)C(=O)N1OSOOc1ccccc1. The number of para-hydroxylation sites is 1. The van der Waals surface area contributed by atoms with Gasteiger partial charge in [-0.05, 0) is 29.7 Å². The fourth-order valence-electron chi connectivity index (χ4n) is 2.65. The van der Waals surface area contributed by atoms with Gasteiger partial charge in [0.05, 0.1) is 11.1 Å². The Hall–Kier alpha value is -2.87. The summed E-state index contributed by atoms with van der Waals surface area (Å²) in [5.41, 5.74) is 0.801. The van der Waals surface area contributed by atoms with Crippen molar-refractivity contribution >= 4 is 34.9 Å². The molecule has 0 unspecified atom stereocenters. The van der Waals surface area contributed by atoms with Crippen molar-refractivity contribution in [2.75, 3.05) is 0 Å². The zero-order valence-electron chi connectivity index (χ0n) is 12.7. The molecule has 0 bridgehead atoms. The lowest BCUT2D eigenvalue weighted by Gasteiger charge is -2.24. The van der Waals surface area contributed by atoms with Crippen LogP contribution in [-0.4, -0.2) is 16.9 Å². The van der Waals surface area contributed by atoms with Crippen LogP contribution in [0.2, 0.25) is 0 Å². The summed E-state index contributed by atoms with van der Waals surface area (Å²) in [6.07, 6.45) is 0. The van der Waals surface area contributed by atoms with Crippen molar-refractivity contribution in [2.24, 2.45) is 0 Å². The van der Waals surface area contributed by atoms with E-state index in [0.29, 0.717) is 39.6 Å². The maximum atomic E-state index is 12.5. The minimum absolute atomic E-state index is 0.388. The Morgan fingerprint density at radius 1 is 0.760 bits per heavy atom. The summed E-state index contributed by atoms with van der Waals surface area (Å²) >= 11 is 0.388. The quantitative estimate of drug-likeness (QED) is 0.228. The summed E-state index contributed by atoms with van der Waals surface area (Å²) in [6.45, 7) is 0. The maximum absolute atomic E-state index is 12.5. The molecule has 3 aromatic carbocycles. The molecule has 6 nitrogen and oxygen atoms in total. The molecule has 1 heterocycles. The molecule has 1 aliphatic heterocycles. The molecule has 124 valence electrons. The summed E-state index contributed by atoms with van der Waals surface area (Å²) in [5.74, 6) is -0.639. The standard InChI is InChI=1S/C18H11NO5S/c20-17-14-10-4-6-12-7-5-11-15(16(12)14)18(21)19(17)23-25-24-22-13-8-2-1-3-9-13/h1-11H. The highest BCUT2D eigenvalue weighted by Crippen LogP contribution is 2.31. The van der Waals surface area contributed by atoms with Crippen molar-refractivity contribution in [3.05, 3.63) is 77.9 Å². The second kappa shape index (κ2) is 6.56. The van der Waals surface area contributed by atoms with Gasteiger partial charge in [0.15, 0.2) is 5.75 Å².